The third-order valence-corrected chi connectivity index (χ3v) is 5.18. The van der Waals surface area contributed by atoms with Crippen LogP contribution in [-0.2, 0) is 14.3 Å². The molecule has 7 nitrogen and oxygen atoms in total. The summed E-state index contributed by atoms with van der Waals surface area (Å²) in [6.45, 7) is 15.2. The highest BCUT2D eigenvalue weighted by Gasteiger charge is 2.39. The van der Waals surface area contributed by atoms with Crippen LogP contribution in [0.15, 0.2) is 24.3 Å². The van der Waals surface area contributed by atoms with Crippen molar-refractivity contribution in [2.75, 3.05) is 6.54 Å². The predicted octanol–water partition coefficient (Wildman–Crippen LogP) is 4.41. The van der Waals surface area contributed by atoms with Gasteiger partial charge in [-0.25, -0.2) is 4.79 Å². The van der Waals surface area contributed by atoms with Gasteiger partial charge in [-0.3, -0.25) is 9.59 Å². The fraction of sp³-hybridized carbons (Fsp3) is 0.593. The van der Waals surface area contributed by atoms with Crippen molar-refractivity contribution in [3.8, 4) is 12.3 Å². The first-order valence-electron chi connectivity index (χ1n) is 12.0. The van der Waals surface area contributed by atoms with Crippen LogP contribution in [-0.4, -0.2) is 47.0 Å². The van der Waals surface area contributed by atoms with Gasteiger partial charge in [0.2, 0.25) is 11.8 Å². The van der Waals surface area contributed by atoms with Crippen LogP contribution in [0, 0.1) is 18.3 Å². The maximum Gasteiger partial charge on any atom is 0.408 e. The van der Waals surface area contributed by atoms with E-state index in [-0.39, 0.29) is 23.8 Å². The Morgan fingerprint density at radius 1 is 1.12 bits per heavy atom. The van der Waals surface area contributed by atoms with Gasteiger partial charge >= 0.3 is 6.09 Å². The maximum absolute atomic E-state index is 13.9. The molecule has 2 atom stereocenters. The van der Waals surface area contributed by atoms with E-state index >= 15 is 0 Å². The highest BCUT2D eigenvalue weighted by molar-refractivity contribution is 5.92. The van der Waals surface area contributed by atoms with Crippen molar-refractivity contribution < 1.29 is 19.1 Å². The Morgan fingerprint density at radius 3 is 2.24 bits per heavy atom. The van der Waals surface area contributed by atoms with E-state index < -0.39 is 23.8 Å². The molecule has 0 aliphatic heterocycles. The van der Waals surface area contributed by atoms with Gasteiger partial charge in [-0.15, -0.1) is 6.42 Å². The van der Waals surface area contributed by atoms with Crippen LogP contribution in [0.2, 0.25) is 0 Å². The molecule has 7 heteroatoms. The van der Waals surface area contributed by atoms with E-state index in [2.05, 4.69) is 16.6 Å². The summed E-state index contributed by atoms with van der Waals surface area (Å²) in [6.07, 6.45) is 6.80. The molecule has 0 fully saturated rings. The molecule has 0 bridgehead atoms. The Hall–Kier alpha value is -3.01. The van der Waals surface area contributed by atoms with Gasteiger partial charge in [-0.1, -0.05) is 51.3 Å². The van der Waals surface area contributed by atoms with E-state index in [1.165, 1.54) is 4.90 Å². The van der Waals surface area contributed by atoms with Crippen LogP contribution in [0.4, 0.5) is 4.79 Å². The average molecular weight is 472 g/mol. The Kier molecular flexibility index (Phi) is 11.1. The van der Waals surface area contributed by atoms with Crippen molar-refractivity contribution in [1.82, 2.24) is 15.5 Å². The van der Waals surface area contributed by atoms with E-state index in [0.29, 0.717) is 17.7 Å². The van der Waals surface area contributed by atoms with Crippen molar-refractivity contribution in [1.29, 1.82) is 0 Å². The second-order valence-corrected chi connectivity index (χ2v) is 9.99. The lowest BCUT2D eigenvalue weighted by molar-refractivity contribution is -0.145. The summed E-state index contributed by atoms with van der Waals surface area (Å²) >= 11 is 0. The second kappa shape index (κ2) is 13.0. The minimum atomic E-state index is -0.946. The standard InChI is InChI=1S/C27H41N3O4/c1-10-12-17-28-24(31)23(21-16-14-13-15-20(21)11-2)30(19(5)6)25(32)22(18(3)4)29-26(33)34-27(7,8)9/h2,13-16,18-19,22-23H,10,12,17H2,1,3-9H3,(H,28,31)(H,29,33). The summed E-state index contributed by atoms with van der Waals surface area (Å²) in [5.41, 5.74) is 0.401. The zero-order valence-corrected chi connectivity index (χ0v) is 21.9. The summed E-state index contributed by atoms with van der Waals surface area (Å²) in [6, 6.07) is 4.94. The van der Waals surface area contributed by atoms with Gasteiger partial charge in [0, 0.05) is 18.2 Å². The van der Waals surface area contributed by atoms with Crippen LogP contribution in [0.5, 0.6) is 0 Å². The van der Waals surface area contributed by atoms with Crippen LogP contribution in [0.3, 0.4) is 0 Å². The number of hydrogen-bond donors (Lipinski definition) is 2. The summed E-state index contributed by atoms with van der Waals surface area (Å²) in [7, 11) is 0. The quantitative estimate of drug-likeness (QED) is 0.391. The van der Waals surface area contributed by atoms with Crippen molar-refractivity contribution in [2.24, 2.45) is 5.92 Å². The summed E-state index contributed by atoms with van der Waals surface area (Å²) in [5.74, 6) is 1.71. The molecule has 34 heavy (non-hydrogen) atoms. The normalized spacial score (nSPS) is 13.1. The molecule has 0 saturated heterocycles. The Morgan fingerprint density at radius 2 is 1.74 bits per heavy atom. The first-order valence-corrected chi connectivity index (χ1v) is 12.0. The number of unbranched alkanes of at least 4 members (excludes halogenated alkanes) is 1. The second-order valence-electron chi connectivity index (χ2n) is 9.99. The van der Waals surface area contributed by atoms with Gasteiger partial charge in [0.15, 0.2) is 0 Å². The molecular formula is C27H41N3O4. The van der Waals surface area contributed by atoms with Crippen LogP contribution in [0.25, 0.3) is 0 Å². The molecule has 0 spiro atoms. The lowest BCUT2D eigenvalue weighted by atomic mass is 9.94. The monoisotopic (exact) mass is 471 g/mol. The molecule has 0 aromatic heterocycles. The van der Waals surface area contributed by atoms with Gasteiger partial charge in [-0.05, 0) is 58.6 Å². The number of benzene rings is 1. The molecule has 2 unspecified atom stereocenters. The first kappa shape index (κ1) is 29.0. The summed E-state index contributed by atoms with van der Waals surface area (Å²) in [4.78, 5) is 41.4. The topological polar surface area (TPSA) is 87.7 Å². The molecule has 0 heterocycles. The molecule has 3 amide bonds. The number of nitrogens with one attached hydrogen (secondary N) is 2. The van der Waals surface area contributed by atoms with Gasteiger partial charge in [0.1, 0.15) is 17.7 Å². The zero-order chi connectivity index (χ0) is 26.1. The third-order valence-electron chi connectivity index (χ3n) is 5.18. The number of carbonyl (C=O) groups is 3. The molecule has 2 N–H and O–H groups in total. The lowest BCUT2D eigenvalue weighted by Crippen LogP contribution is -2.56. The number of terminal acetylenes is 1. The SMILES string of the molecule is C#Cc1ccccc1C(C(=O)NCCCC)N(C(=O)C(NC(=O)OC(C)(C)C)C(C)C)C(C)C. The minimum Gasteiger partial charge on any atom is -0.444 e. The molecule has 0 aliphatic rings. The van der Waals surface area contributed by atoms with Gasteiger partial charge in [-0.2, -0.15) is 0 Å². The van der Waals surface area contributed by atoms with Crippen LogP contribution < -0.4 is 10.6 Å². The van der Waals surface area contributed by atoms with E-state index in [4.69, 9.17) is 11.2 Å². The number of nitrogens with zero attached hydrogens (tertiary/aromatic N) is 1. The Bertz CT molecular complexity index is 881. The number of amides is 3. The van der Waals surface area contributed by atoms with Crippen molar-refractivity contribution in [3.63, 3.8) is 0 Å². The van der Waals surface area contributed by atoms with Crippen LogP contribution >= 0.6 is 0 Å². The number of rotatable bonds is 10. The molecule has 1 rings (SSSR count). The molecule has 188 valence electrons. The number of alkyl carbamates (subject to hydrolysis) is 1. The highest BCUT2D eigenvalue weighted by Crippen LogP contribution is 2.28. The maximum atomic E-state index is 13.9. The van der Waals surface area contributed by atoms with Gasteiger partial charge in [0.25, 0.3) is 0 Å². The van der Waals surface area contributed by atoms with Crippen molar-refractivity contribution in [2.45, 2.75) is 92.0 Å². The van der Waals surface area contributed by atoms with E-state index in [0.717, 1.165) is 12.8 Å². The molecule has 0 aliphatic carbocycles. The molecular weight excluding hydrogens is 430 g/mol. The number of hydrogen-bond acceptors (Lipinski definition) is 4. The fourth-order valence-electron chi connectivity index (χ4n) is 3.56. The average Bonchev–Trinajstić information content (AvgIpc) is 2.73. The molecule has 0 radical (unpaired) electrons. The Balaban J connectivity index is 3.48. The molecule has 0 saturated carbocycles. The van der Waals surface area contributed by atoms with E-state index in [1.54, 1.807) is 45.0 Å². The van der Waals surface area contributed by atoms with Gasteiger partial charge < -0.3 is 20.3 Å². The summed E-state index contributed by atoms with van der Waals surface area (Å²) in [5, 5.41) is 5.66. The largest absolute Gasteiger partial charge is 0.444 e. The fourth-order valence-corrected chi connectivity index (χ4v) is 3.56. The number of carbonyl (C=O) groups excluding carboxylic acids is 3. The predicted molar refractivity (Wildman–Crippen MR) is 135 cm³/mol. The first-order chi connectivity index (χ1) is 15.8. The zero-order valence-electron chi connectivity index (χ0n) is 21.9. The summed E-state index contributed by atoms with van der Waals surface area (Å²) < 4.78 is 5.38. The molecule has 1 aromatic rings. The number of ether oxygens (including phenoxy) is 1. The minimum absolute atomic E-state index is 0.243. The Labute approximate surface area is 205 Å². The molecule has 1 aromatic carbocycles. The smallest absolute Gasteiger partial charge is 0.408 e. The van der Waals surface area contributed by atoms with E-state index in [9.17, 15) is 14.4 Å². The van der Waals surface area contributed by atoms with Crippen molar-refractivity contribution >= 4 is 17.9 Å². The van der Waals surface area contributed by atoms with E-state index in [1.807, 2.05) is 34.6 Å². The van der Waals surface area contributed by atoms with Crippen LogP contribution in [0.1, 0.15) is 85.4 Å². The lowest BCUT2D eigenvalue weighted by Gasteiger charge is -2.38. The van der Waals surface area contributed by atoms with Gasteiger partial charge in [0.05, 0.1) is 0 Å². The highest BCUT2D eigenvalue weighted by atomic mass is 16.6. The van der Waals surface area contributed by atoms with Crippen molar-refractivity contribution in [3.05, 3.63) is 35.4 Å². The third kappa shape index (κ3) is 8.40.